The van der Waals surface area contributed by atoms with Crippen molar-refractivity contribution in [1.82, 2.24) is 30.5 Å². The van der Waals surface area contributed by atoms with Crippen LogP contribution in [0, 0.1) is 0 Å². The largest absolute Gasteiger partial charge is 0.355 e. The summed E-state index contributed by atoms with van der Waals surface area (Å²) in [6.45, 7) is 0. The fourth-order valence-corrected chi connectivity index (χ4v) is 4.41. The number of carbonyl (C=O) groups excluding carboxylic acids is 1. The van der Waals surface area contributed by atoms with E-state index in [0.29, 0.717) is 5.02 Å². The summed E-state index contributed by atoms with van der Waals surface area (Å²) in [6, 6.07) is 14.7. The van der Waals surface area contributed by atoms with Crippen LogP contribution in [0.5, 0.6) is 0 Å². The van der Waals surface area contributed by atoms with Gasteiger partial charge in [0.15, 0.2) is 6.04 Å². The molecule has 29 heavy (non-hydrogen) atoms. The number of rotatable bonds is 4. The average molecular weight is 407 g/mol. The molecule has 7 nitrogen and oxygen atoms in total. The highest BCUT2D eigenvalue weighted by Crippen LogP contribution is 2.37. The third-order valence-electron chi connectivity index (χ3n) is 5.50. The number of amides is 1. The van der Waals surface area contributed by atoms with E-state index in [-0.39, 0.29) is 11.9 Å². The van der Waals surface area contributed by atoms with Crippen molar-refractivity contribution in [1.29, 1.82) is 0 Å². The quantitative estimate of drug-likeness (QED) is 0.542. The van der Waals surface area contributed by atoms with Gasteiger partial charge in [0.25, 0.3) is 0 Å². The average Bonchev–Trinajstić information content (AvgIpc) is 3.39. The third kappa shape index (κ3) is 3.17. The Labute approximate surface area is 172 Å². The van der Waals surface area contributed by atoms with E-state index < -0.39 is 6.04 Å². The van der Waals surface area contributed by atoms with Crippen LogP contribution in [0.1, 0.15) is 41.7 Å². The summed E-state index contributed by atoms with van der Waals surface area (Å²) in [5.41, 5.74) is 4.03. The maximum absolute atomic E-state index is 13.3. The molecular weight excluding hydrogens is 388 g/mol. The summed E-state index contributed by atoms with van der Waals surface area (Å²) in [6.07, 6.45) is 4.29. The Kier molecular flexibility index (Phi) is 4.52. The molecule has 0 aliphatic heterocycles. The molecule has 1 aliphatic carbocycles. The van der Waals surface area contributed by atoms with Crippen LogP contribution in [0.3, 0.4) is 0 Å². The molecule has 0 saturated heterocycles. The van der Waals surface area contributed by atoms with Crippen LogP contribution in [0.15, 0.2) is 54.9 Å². The second-order valence-electron chi connectivity index (χ2n) is 7.24. The monoisotopic (exact) mass is 406 g/mol. The van der Waals surface area contributed by atoms with Gasteiger partial charge < -0.3 is 10.3 Å². The lowest BCUT2D eigenvalue weighted by Crippen LogP contribution is -2.37. The molecule has 0 unspecified atom stereocenters. The van der Waals surface area contributed by atoms with Crippen molar-refractivity contribution in [3.05, 3.63) is 76.7 Å². The maximum atomic E-state index is 13.3. The number of hydrogen-bond acceptors (Lipinski definition) is 4. The first-order valence-electron chi connectivity index (χ1n) is 9.59. The Bertz CT molecular complexity index is 1150. The molecular formula is C21H19ClN6O. The van der Waals surface area contributed by atoms with Crippen molar-refractivity contribution < 1.29 is 4.79 Å². The van der Waals surface area contributed by atoms with Crippen molar-refractivity contribution >= 4 is 28.4 Å². The first-order valence-corrected chi connectivity index (χ1v) is 9.97. The number of H-pyrrole nitrogens is 1. The molecule has 2 N–H and O–H groups in total. The number of hydrogen-bond donors (Lipinski definition) is 2. The van der Waals surface area contributed by atoms with E-state index in [2.05, 4.69) is 31.9 Å². The van der Waals surface area contributed by atoms with Crippen molar-refractivity contribution in [3.8, 4) is 0 Å². The van der Waals surface area contributed by atoms with Gasteiger partial charge in [-0.3, -0.25) is 4.79 Å². The van der Waals surface area contributed by atoms with Gasteiger partial charge in [-0.2, -0.15) is 0 Å². The summed E-state index contributed by atoms with van der Waals surface area (Å²) in [5, 5.41) is 16.4. The van der Waals surface area contributed by atoms with Gasteiger partial charge in [0.1, 0.15) is 6.33 Å². The number of aryl methyl sites for hydroxylation is 1. The van der Waals surface area contributed by atoms with E-state index in [4.69, 9.17) is 11.6 Å². The highest BCUT2D eigenvalue weighted by Gasteiger charge is 2.30. The standard InChI is InChI=1S/C21H19ClN6O/c22-16-10-4-8-14-15-9-5-11-17(19(15)25-18(14)16)24-21(29)20(28-12-23-26-27-28)13-6-2-1-3-7-13/h1-4,6-8,10,12,17,20,25H,5,9,11H2,(H,24,29)/t17-,20+/m1/s1. The minimum Gasteiger partial charge on any atom is -0.355 e. The molecule has 1 aliphatic rings. The number of carbonyl (C=O) groups is 1. The van der Waals surface area contributed by atoms with Gasteiger partial charge in [-0.1, -0.05) is 54.1 Å². The number of halogens is 1. The summed E-state index contributed by atoms with van der Waals surface area (Å²) < 4.78 is 1.48. The first-order chi connectivity index (χ1) is 14.2. The molecule has 0 spiro atoms. The van der Waals surface area contributed by atoms with Gasteiger partial charge in [-0.25, -0.2) is 4.68 Å². The fraction of sp³-hybridized carbons (Fsp3) is 0.238. The van der Waals surface area contributed by atoms with Crippen LogP contribution in [-0.2, 0) is 11.2 Å². The highest BCUT2D eigenvalue weighted by molar-refractivity contribution is 6.35. The Balaban J connectivity index is 1.49. The van der Waals surface area contributed by atoms with Crippen LogP contribution in [0.25, 0.3) is 10.9 Å². The van der Waals surface area contributed by atoms with Crippen LogP contribution in [0.4, 0.5) is 0 Å². The van der Waals surface area contributed by atoms with Crippen LogP contribution >= 0.6 is 11.6 Å². The van der Waals surface area contributed by atoms with Gasteiger partial charge in [0.2, 0.25) is 5.91 Å². The van der Waals surface area contributed by atoms with Crippen molar-refractivity contribution in [2.75, 3.05) is 0 Å². The number of benzene rings is 2. The van der Waals surface area contributed by atoms with Crippen molar-refractivity contribution in [3.63, 3.8) is 0 Å². The van der Waals surface area contributed by atoms with E-state index in [1.165, 1.54) is 16.6 Å². The lowest BCUT2D eigenvalue weighted by Gasteiger charge is -2.26. The molecule has 0 saturated carbocycles. The molecule has 146 valence electrons. The zero-order valence-electron chi connectivity index (χ0n) is 15.5. The van der Waals surface area contributed by atoms with Crippen molar-refractivity contribution in [2.45, 2.75) is 31.3 Å². The summed E-state index contributed by atoms with van der Waals surface area (Å²) in [7, 11) is 0. The smallest absolute Gasteiger partial charge is 0.250 e. The minimum absolute atomic E-state index is 0.114. The first kappa shape index (κ1) is 17.9. The Morgan fingerprint density at radius 3 is 2.86 bits per heavy atom. The van der Waals surface area contributed by atoms with Crippen LogP contribution in [0.2, 0.25) is 5.02 Å². The second-order valence-corrected chi connectivity index (χ2v) is 7.64. The minimum atomic E-state index is -0.635. The normalized spacial score (nSPS) is 17.1. The zero-order chi connectivity index (χ0) is 19.8. The Morgan fingerprint density at radius 2 is 2.07 bits per heavy atom. The molecule has 0 bridgehead atoms. The van der Waals surface area contributed by atoms with Crippen molar-refractivity contribution in [2.24, 2.45) is 0 Å². The predicted octanol–water partition coefficient (Wildman–Crippen LogP) is 3.59. The third-order valence-corrected chi connectivity index (χ3v) is 5.82. The molecule has 0 radical (unpaired) electrons. The Hall–Kier alpha value is -3.19. The Morgan fingerprint density at radius 1 is 1.21 bits per heavy atom. The molecule has 2 atom stereocenters. The number of aromatic nitrogens is 5. The number of nitrogens with zero attached hydrogens (tertiary/aromatic N) is 4. The van der Waals surface area contributed by atoms with Gasteiger partial charge in [0, 0.05) is 11.1 Å². The topological polar surface area (TPSA) is 88.5 Å². The zero-order valence-corrected chi connectivity index (χ0v) is 16.3. The number of aromatic amines is 1. The molecule has 8 heteroatoms. The highest BCUT2D eigenvalue weighted by atomic mass is 35.5. The number of fused-ring (bicyclic) bond motifs is 3. The summed E-state index contributed by atoms with van der Waals surface area (Å²) >= 11 is 6.38. The van der Waals surface area contributed by atoms with Gasteiger partial charge >= 0.3 is 0 Å². The molecule has 0 fully saturated rings. The molecule has 2 aromatic carbocycles. The van der Waals surface area contributed by atoms with Gasteiger partial charge in [-0.15, -0.1) is 5.10 Å². The van der Waals surface area contributed by atoms with Gasteiger partial charge in [0.05, 0.1) is 16.6 Å². The molecule has 2 aromatic heterocycles. The fourth-order valence-electron chi connectivity index (χ4n) is 4.19. The molecule has 2 heterocycles. The van der Waals surface area contributed by atoms with E-state index in [9.17, 15) is 4.79 Å². The number of tetrazole rings is 1. The SMILES string of the molecule is O=C(N[C@@H]1CCCc2c1[nH]c1c(Cl)cccc21)[C@H](c1ccccc1)n1cnnn1. The van der Waals surface area contributed by atoms with Crippen LogP contribution < -0.4 is 5.32 Å². The van der Waals surface area contributed by atoms with E-state index in [1.807, 2.05) is 42.5 Å². The second kappa shape index (κ2) is 7.33. The summed E-state index contributed by atoms with van der Waals surface area (Å²) in [4.78, 5) is 16.8. The van der Waals surface area contributed by atoms with Crippen LogP contribution in [-0.4, -0.2) is 31.1 Å². The number of para-hydroxylation sites is 1. The lowest BCUT2D eigenvalue weighted by molar-refractivity contribution is -0.124. The lowest BCUT2D eigenvalue weighted by atomic mass is 9.91. The molecule has 5 rings (SSSR count). The maximum Gasteiger partial charge on any atom is 0.250 e. The van der Waals surface area contributed by atoms with E-state index in [0.717, 1.165) is 41.4 Å². The van der Waals surface area contributed by atoms with Gasteiger partial charge in [-0.05, 0) is 46.9 Å². The summed E-state index contributed by atoms with van der Waals surface area (Å²) in [5.74, 6) is -0.147. The van der Waals surface area contributed by atoms with E-state index in [1.54, 1.807) is 0 Å². The van der Waals surface area contributed by atoms with E-state index >= 15 is 0 Å². The molecule has 1 amide bonds. The molecule has 4 aromatic rings. The predicted molar refractivity (Wildman–Crippen MR) is 110 cm³/mol. The number of nitrogens with one attached hydrogen (secondary N) is 2.